The normalized spacial score (nSPS) is 17.2. The highest BCUT2D eigenvalue weighted by Crippen LogP contribution is 2.31. The maximum atomic E-state index is 12.7. The molecule has 1 amide bonds. The van der Waals surface area contributed by atoms with Crippen LogP contribution in [0.3, 0.4) is 0 Å². The first kappa shape index (κ1) is 17.6. The lowest BCUT2D eigenvalue weighted by molar-refractivity contribution is -0.0265. The number of H-pyrrole nitrogens is 1. The van der Waals surface area contributed by atoms with Crippen LogP contribution in [0.2, 0.25) is 0 Å². The minimum Gasteiger partial charge on any atom is -0.375 e. The van der Waals surface area contributed by atoms with Gasteiger partial charge in [-0.2, -0.15) is 0 Å². The molecule has 27 heavy (non-hydrogen) atoms. The minimum atomic E-state index is 0.0167. The predicted molar refractivity (Wildman–Crippen MR) is 106 cm³/mol. The molecule has 1 N–H and O–H groups in total. The third-order valence-electron chi connectivity index (χ3n) is 5.16. The number of morpholine rings is 1. The Morgan fingerprint density at radius 1 is 1.00 bits per heavy atom. The van der Waals surface area contributed by atoms with Crippen LogP contribution in [0.15, 0.2) is 79.0 Å². The molecule has 1 atom stereocenters. The summed E-state index contributed by atoms with van der Waals surface area (Å²) in [7, 11) is 0. The van der Waals surface area contributed by atoms with Gasteiger partial charge in [0.15, 0.2) is 0 Å². The molecule has 1 fully saturated rings. The van der Waals surface area contributed by atoms with Crippen LogP contribution in [0.5, 0.6) is 0 Å². The van der Waals surface area contributed by atoms with E-state index >= 15 is 0 Å². The molecule has 4 heteroatoms. The van der Waals surface area contributed by atoms with Crippen LogP contribution in [-0.2, 0) is 4.74 Å². The average molecular weight is 360 g/mol. The molecule has 4 nitrogen and oxygen atoms in total. The number of aromatic nitrogens is 1. The molecule has 4 rings (SSSR count). The summed E-state index contributed by atoms with van der Waals surface area (Å²) in [6.07, 6.45) is 2.65. The second-order valence-corrected chi connectivity index (χ2v) is 6.94. The molecule has 1 saturated heterocycles. The second-order valence-electron chi connectivity index (χ2n) is 6.94. The largest absolute Gasteiger partial charge is 0.375 e. The third kappa shape index (κ3) is 4.12. The Morgan fingerprint density at radius 2 is 1.67 bits per heavy atom. The van der Waals surface area contributed by atoms with Gasteiger partial charge in [0, 0.05) is 25.2 Å². The highest BCUT2D eigenvalue weighted by molar-refractivity contribution is 5.92. The van der Waals surface area contributed by atoms with Crippen LogP contribution in [0.1, 0.15) is 34.0 Å². The van der Waals surface area contributed by atoms with Crippen molar-refractivity contribution in [2.75, 3.05) is 19.7 Å². The molecule has 2 aromatic carbocycles. The molecule has 1 aromatic heterocycles. The summed E-state index contributed by atoms with van der Waals surface area (Å²) in [6.45, 7) is 1.83. The number of rotatable bonds is 5. The maximum Gasteiger partial charge on any atom is 0.270 e. The monoisotopic (exact) mass is 360 g/mol. The first-order valence-electron chi connectivity index (χ1n) is 9.45. The summed E-state index contributed by atoms with van der Waals surface area (Å²) in [5, 5.41) is 0. The fourth-order valence-electron chi connectivity index (χ4n) is 3.78. The molecular formula is C23H24N2O2. The Labute approximate surface area is 159 Å². The number of benzene rings is 2. The molecular weight excluding hydrogens is 336 g/mol. The molecule has 1 aliphatic rings. The Morgan fingerprint density at radius 3 is 2.26 bits per heavy atom. The Balaban J connectivity index is 1.52. The Kier molecular flexibility index (Phi) is 5.35. The van der Waals surface area contributed by atoms with Crippen LogP contribution in [0.25, 0.3) is 0 Å². The number of hydrogen-bond donors (Lipinski definition) is 1. The van der Waals surface area contributed by atoms with Gasteiger partial charge in [-0.25, -0.2) is 0 Å². The van der Waals surface area contributed by atoms with Gasteiger partial charge in [-0.3, -0.25) is 4.79 Å². The molecule has 0 radical (unpaired) electrons. The highest BCUT2D eigenvalue weighted by atomic mass is 16.5. The van der Waals surface area contributed by atoms with E-state index in [4.69, 9.17) is 4.74 Å². The second kappa shape index (κ2) is 8.23. The zero-order valence-corrected chi connectivity index (χ0v) is 15.3. The molecule has 138 valence electrons. The number of carbonyl (C=O) groups is 1. The Bertz CT molecular complexity index is 807. The van der Waals surface area contributed by atoms with E-state index in [0.717, 1.165) is 6.42 Å². The topological polar surface area (TPSA) is 45.3 Å². The van der Waals surface area contributed by atoms with E-state index in [1.165, 1.54) is 11.1 Å². The fourth-order valence-corrected chi connectivity index (χ4v) is 3.78. The van der Waals surface area contributed by atoms with Crippen LogP contribution < -0.4 is 0 Å². The SMILES string of the molecule is O=C(c1ccc[nH]1)N1CCO[C@H](CC(c2ccccc2)c2ccccc2)C1. The molecule has 1 aliphatic heterocycles. The molecule has 0 unspecified atom stereocenters. The van der Waals surface area contributed by atoms with Gasteiger partial charge in [0.05, 0.1) is 12.7 Å². The van der Waals surface area contributed by atoms with Crippen molar-refractivity contribution < 1.29 is 9.53 Å². The van der Waals surface area contributed by atoms with Gasteiger partial charge in [-0.05, 0) is 29.7 Å². The van der Waals surface area contributed by atoms with Gasteiger partial charge in [-0.1, -0.05) is 60.7 Å². The van der Waals surface area contributed by atoms with Crippen molar-refractivity contribution in [1.29, 1.82) is 0 Å². The summed E-state index contributed by atoms with van der Waals surface area (Å²) in [6, 6.07) is 24.7. The zero-order valence-electron chi connectivity index (χ0n) is 15.3. The molecule has 0 saturated carbocycles. The van der Waals surface area contributed by atoms with E-state index in [1.54, 1.807) is 6.20 Å². The number of hydrogen-bond acceptors (Lipinski definition) is 2. The standard InChI is InChI=1S/C23H24N2O2/c26-23(22-12-7-13-24-22)25-14-15-27-20(17-25)16-21(18-8-3-1-4-9-18)19-10-5-2-6-11-19/h1-13,20-21,24H,14-17H2/t20-/m1/s1. The van der Waals surface area contributed by atoms with E-state index in [0.29, 0.717) is 25.4 Å². The number of nitrogens with one attached hydrogen (secondary N) is 1. The van der Waals surface area contributed by atoms with Crippen LogP contribution >= 0.6 is 0 Å². The summed E-state index contributed by atoms with van der Waals surface area (Å²) in [5.74, 6) is 0.294. The van der Waals surface area contributed by atoms with Crippen molar-refractivity contribution in [3.8, 4) is 0 Å². The van der Waals surface area contributed by atoms with Gasteiger partial charge >= 0.3 is 0 Å². The first-order valence-corrected chi connectivity index (χ1v) is 9.45. The van der Waals surface area contributed by atoms with Crippen molar-refractivity contribution in [2.45, 2.75) is 18.4 Å². The quantitative estimate of drug-likeness (QED) is 0.745. The lowest BCUT2D eigenvalue weighted by Crippen LogP contribution is -2.46. The first-order chi connectivity index (χ1) is 13.3. The van der Waals surface area contributed by atoms with Crippen LogP contribution in [0.4, 0.5) is 0 Å². The van der Waals surface area contributed by atoms with Crippen molar-refractivity contribution in [3.05, 3.63) is 95.8 Å². The van der Waals surface area contributed by atoms with E-state index < -0.39 is 0 Å². The van der Waals surface area contributed by atoms with E-state index in [-0.39, 0.29) is 17.9 Å². The predicted octanol–water partition coefficient (Wildman–Crippen LogP) is 4.08. The van der Waals surface area contributed by atoms with Crippen LogP contribution in [0, 0.1) is 0 Å². The summed E-state index contributed by atoms with van der Waals surface area (Å²) >= 11 is 0. The van der Waals surface area contributed by atoms with Gasteiger partial charge in [0.2, 0.25) is 0 Å². The van der Waals surface area contributed by atoms with E-state index in [1.807, 2.05) is 29.2 Å². The molecule has 0 aliphatic carbocycles. The summed E-state index contributed by atoms with van der Waals surface area (Å²) in [4.78, 5) is 17.6. The lowest BCUT2D eigenvalue weighted by atomic mass is 9.86. The number of amides is 1. The van der Waals surface area contributed by atoms with E-state index in [9.17, 15) is 4.79 Å². The lowest BCUT2D eigenvalue weighted by Gasteiger charge is -2.34. The smallest absolute Gasteiger partial charge is 0.270 e. The fraction of sp³-hybridized carbons (Fsp3) is 0.261. The molecule has 2 heterocycles. The summed E-state index contributed by atoms with van der Waals surface area (Å²) in [5.41, 5.74) is 3.19. The van der Waals surface area contributed by atoms with Gasteiger partial charge in [0.25, 0.3) is 5.91 Å². The van der Waals surface area contributed by atoms with Crippen LogP contribution in [-0.4, -0.2) is 41.6 Å². The zero-order chi connectivity index (χ0) is 18.5. The van der Waals surface area contributed by atoms with Crippen molar-refractivity contribution in [1.82, 2.24) is 9.88 Å². The van der Waals surface area contributed by atoms with Crippen molar-refractivity contribution >= 4 is 5.91 Å². The molecule has 3 aromatic rings. The highest BCUT2D eigenvalue weighted by Gasteiger charge is 2.28. The molecule has 0 spiro atoms. The van der Waals surface area contributed by atoms with Crippen molar-refractivity contribution in [2.24, 2.45) is 0 Å². The number of nitrogens with zero attached hydrogens (tertiary/aromatic N) is 1. The van der Waals surface area contributed by atoms with Gasteiger partial charge < -0.3 is 14.6 Å². The maximum absolute atomic E-state index is 12.7. The molecule has 0 bridgehead atoms. The summed E-state index contributed by atoms with van der Waals surface area (Å²) < 4.78 is 6.05. The third-order valence-corrected chi connectivity index (χ3v) is 5.16. The average Bonchev–Trinajstić information content (AvgIpc) is 3.28. The number of carbonyl (C=O) groups excluding carboxylic acids is 1. The number of ether oxygens (including phenoxy) is 1. The van der Waals surface area contributed by atoms with E-state index in [2.05, 4.69) is 53.5 Å². The number of aromatic amines is 1. The van der Waals surface area contributed by atoms with Gasteiger partial charge in [0.1, 0.15) is 5.69 Å². The van der Waals surface area contributed by atoms with Crippen molar-refractivity contribution in [3.63, 3.8) is 0 Å². The minimum absolute atomic E-state index is 0.0167. The van der Waals surface area contributed by atoms with Gasteiger partial charge in [-0.15, -0.1) is 0 Å². The Hall–Kier alpha value is -2.85.